The van der Waals surface area contributed by atoms with E-state index in [0.717, 1.165) is 96.3 Å². The summed E-state index contributed by atoms with van der Waals surface area (Å²) < 4.78 is 16.6. The van der Waals surface area contributed by atoms with Gasteiger partial charge in [-0.05, 0) is 70.6 Å². The van der Waals surface area contributed by atoms with E-state index in [9.17, 15) is 14.4 Å². The van der Waals surface area contributed by atoms with Crippen LogP contribution in [0.2, 0.25) is 0 Å². The van der Waals surface area contributed by atoms with Crippen LogP contribution in [0.15, 0.2) is 85.1 Å². The normalized spacial score (nSPS) is 12.8. The largest absolute Gasteiger partial charge is 0.462 e. The summed E-state index contributed by atoms with van der Waals surface area (Å²) in [5.41, 5.74) is 0. The predicted octanol–water partition coefficient (Wildman–Crippen LogP) is 16.4. The zero-order valence-electron chi connectivity index (χ0n) is 39.7. The second-order valence-corrected chi connectivity index (χ2v) is 16.4. The van der Waals surface area contributed by atoms with Gasteiger partial charge in [-0.3, -0.25) is 14.4 Å². The van der Waals surface area contributed by atoms with E-state index in [1.165, 1.54) is 83.5 Å². The molecule has 0 aliphatic carbocycles. The lowest BCUT2D eigenvalue weighted by molar-refractivity contribution is -0.167. The van der Waals surface area contributed by atoms with Crippen LogP contribution in [0.4, 0.5) is 0 Å². The molecule has 0 spiro atoms. The number of hydrogen-bond donors (Lipinski definition) is 0. The zero-order valence-corrected chi connectivity index (χ0v) is 39.7. The van der Waals surface area contributed by atoms with Gasteiger partial charge in [0.25, 0.3) is 0 Å². The monoisotopic (exact) mass is 849 g/mol. The third-order valence-corrected chi connectivity index (χ3v) is 10.4. The highest BCUT2D eigenvalue weighted by molar-refractivity contribution is 5.71. The van der Waals surface area contributed by atoms with Crippen LogP contribution < -0.4 is 0 Å². The molecule has 61 heavy (non-hydrogen) atoms. The maximum absolute atomic E-state index is 12.7. The summed E-state index contributed by atoms with van der Waals surface area (Å²) in [6.45, 7) is 6.38. The van der Waals surface area contributed by atoms with E-state index < -0.39 is 6.10 Å². The number of rotatable bonds is 44. The summed E-state index contributed by atoms with van der Waals surface area (Å²) in [5, 5.41) is 0. The highest BCUT2D eigenvalue weighted by atomic mass is 16.6. The molecule has 0 fully saturated rings. The Morgan fingerprint density at radius 3 is 1.00 bits per heavy atom. The summed E-state index contributed by atoms with van der Waals surface area (Å²) in [6.07, 6.45) is 63.2. The van der Waals surface area contributed by atoms with Crippen LogP contribution >= 0.6 is 0 Å². The highest BCUT2D eigenvalue weighted by Gasteiger charge is 2.19. The van der Waals surface area contributed by atoms with Crippen LogP contribution in [0.25, 0.3) is 0 Å². The van der Waals surface area contributed by atoms with E-state index in [1.54, 1.807) is 0 Å². The first-order chi connectivity index (χ1) is 30.0. The summed E-state index contributed by atoms with van der Waals surface area (Å²) >= 11 is 0. The van der Waals surface area contributed by atoms with Crippen LogP contribution in [0.5, 0.6) is 0 Å². The molecule has 0 saturated carbocycles. The lowest BCUT2D eigenvalue weighted by Crippen LogP contribution is -2.30. The average molecular weight is 849 g/mol. The summed E-state index contributed by atoms with van der Waals surface area (Å²) in [6, 6.07) is 0. The van der Waals surface area contributed by atoms with Crippen molar-refractivity contribution in [2.75, 3.05) is 13.2 Å². The lowest BCUT2D eigenvalue weighted by Gasteiger charge is -2.18. The molecule has 6 nitrogen and oxygen atoms in total. The quantitative estimate of drug-likeness (QED) is 0.0263. The van der Waals surface area contributed by atoms with Crippen LogP contribution in [0.3, 0.4) is 0 Å². The maximum Gasteiger partial charge on any atom is 0.306 e. The third-order valence-electron chi connectivity index (χ3n) is 10.4. The maximum atomic E-state index is 12.7. The van der Waals surface area contributed by atoms with Gasteiger partial charge >= 0.3 is 17.9 Å². The molecular formula is C55H92O6. The number of ether oxygens (including phenoxy) is 3. The van der Waals surface area contributed by atoms with Gasteiger partial charge in [0.05, 0.1) is 0 Å². The summed E-state index contributed by atoms with van der Waals surface area (Å²) in [4.78, 5) is 37.6. The van der Waals surface area contributed by atoms with Crippen molar-refractivity contribution in [2.45, 2.75) is 232 Å². The van der Waals surface area contributed by atoms with E-state index in [2.05, 4.69) is 106 Å². The minimum absolute atomic E-state index is 0.0942. The molecule has 0 radical (unpaired) electrons. The number of esters is 3. The predicted molar refractivity (Wildman–Crippen MR) is 261 cm³/mol. The third kappa shape index (κ3) is 47.5. The van der Waals surface area contributed by atoms with Crippen LogP contribution in [-0.2, 0) is 28.6 Å². The Hall–Kier alpha value is -3.41. The van der Waals surface area contributed by atoms with Gasteiger partial charge in [-0.25, -0.2) is 0 Å². The molecule has 0 rings (SSSR count). The van der Waals surface area contributed by atoms with Crippen LogP contribution in [0.1, 0.15) is 226 Å². The number of hydrogen-bond acceptors (Lipinski definition) is 6. The number of carbonyl (C=O) groups is 3. The lowest BCUT2D eigenvalue weighted by atomic mass is 10.0. The summed E-state index contributed by atoms with van der Waals surface area (Å²) in [7, 11) is 0. The van der Waals surface area contributed by atoms with Gasteiger partial charge in [-0.2, -0.15) is 0 Å². The van der Waals surface area contributed by atoms with E-state index in [4.69, 9.17) is 14.2 Å². The molecule has 0 aliphatic rings. The molecule has 0 N–H and O–H groups in total. The van der Waals surface area contributed by atoms with Crippen molar-refractivity contribution in [3.8, 4) is 0 Å². The number of allylic oxidation sites excluding steroid dienone is 14. The van der Waals surface area contributed by atoms with Gasteiger partial charge in [-0.15, -0.1) is 0 Å². The molecule has 0 aromatic heterocycles. The Bertz CT molecular complexity index is 1200. The van der Waals surface area contributed by atoms with Crippen molar-refractivity contribution in [2.24, 2.45) is 0 Å². The van der Waals surface area contributed by atoms with Crippen molar-refractivity contribution >= 4 is 17.9 Å². The van der Waals surface area contributed by atoms with E-state index in [-0.39, 0.29) is 37.5 Å². The van der Waals surface area contributed by atoms with Gasteiger partial charge in [0.1, 0.15) is 13.2 Å². The molecule has 6 heteroatoms. The van der Waals surface area contributed by atoms with E-state index in [0.29, 0.717) is 19.3 Å². The SMILES string of the molecule is CC/C=C\C/C=C\C/C=C\C/C=C\C/C=C\C/C=C\C/C=C\CCCC(=O)OCC(COC(=O)CCCCCCC)OC(=O)CCCCCCCCCCCCCCCCC. The Kier molecular flexibility index (Phi) is 46.5. The fraction of sp³-hybridized carbons (Fsp3) is 0.691. The van der Waals surface area contributed by atoms with Gasteiger partial charge in [0, 0.05) is 19.3 Å². The van der Waals surface area contributed by atoms with Gasteiger partial charge in [-0.1, -0.05) is 221 Å². The molecular weight excluding hydrogens is 757 g/mol. The van der Waals surface area contributed by atoms with Crippen molar-refractivity contribution in [1.82, 2.24) is 0 Å². The van der Waals surface area contributed by atoms with Gasteiger partial charge in [0.2, 0.25) is 0 Å². The standard InChI is InChI=1S/C55H92O6/c1-4-7-10-13-15-17-19-21-23-24-25-26-27-28-29-30-32-33-35-37-39-42-45-48-54(57)60-51-52(50-59-53(56)47-44-41-12-9-6-3)61-55(58)49-46-43-40-38-36-34-31-22-20-18-16-14-11-8-5-2/h7,10,15,17,21,23,25-26,28-29,32-33,37,39,52H,4-6,8-9,11-14,16,18-20,22,24,27,30-31,34-36,38,40-51H2,1-3H3/b10-7-,17-15-,23-21-,26-25-,29-28-,33-32-,39-37-. The molecule has 0 saturated heterocycles. The fourth-order valence-electron chi connectivity index (χ4n) is 6.67. The fourth-order valence-corrected chi connectivity index (χ4v) is 6.67. The summed E-state index contributed by atoms with van der Waals surface area (Å²) in [5.74, 6) is -0.971. The molecule has 1 atom stereocenters. The topological polar surface area (TPSA) is 78.9 Å². The van der Waals surface area contributed by atoms with E-state index >= 15 is 0 Å². The minimum atomic E-state index is -0.793. The molecule has 0 aromatic rings. The second kappa shape index (κ2) is 49.2. The molecule has 348 valence electrons. The Morgan fingerprint density at radius 2 is 0.639 bits per heavy atom. The molecule has 0 amide bonds. The van der Waals surface area contributed by atoms with Crippen molar-refractivity contribution in [3.05, 3.63) is 85.1 Å². The molecule has 0 aliphatic heterocycles. The van der Waals surface area contributed by atoms with Crippen molar-refractivity contribution < 1.29 is 28.6 Å². The average Bonchev–Trinajstić information content (AvgIpc) is 3.26. The number of carbonyl (C=O) groups excluding carboxylic acids is 3. The van der Waals surface area contributed by atoms with E-state index in [1.807, 2.05) is 0 Å². The molecule has 0 aromatic carbocycles. The smallest absolute Gasteiger partial charge is 0.306 e. The second-order valence-electron chi connectivity index (χ2n) is 16.4. The Balaban J connectivity index is 4.28. The van der Waals surface area contributed by atoms with Gasteiger partial charge in [0.15, 0.2) is 6.10 Å². The van der Waals surface area contributed by atoms with Crippen LogP contribution in [-0.4, -0.2) is 37.2 Å². The first-order valence-electron chi connectivity index (χ1n) is 25.1. The molecule has 0 heterocycles. The number of unbranched alkanes of at least 4 members (excludes halogenated alkanes) is 19. The minimum Gasteiger partial charge on any atom is -0.462 e. The Labute approximate surface area is 375 Å². The molecule has 0 bridgehead atoms. The first-order valence-corrected chi connectivity index (χ1v) is 25.1. The van der Waals surface area contributed by atoms with Crippen molar-refractivity contribution in [3.63, 3.8) is 0 Å². The van der Waals surface area contributed by atoms with Crippen molar-refractivity contribution in [1.29, 1.82) is 0 Å². The van der Waals surface area contributed by atoms with Gasteiger partial charge < -0.3 is 14.2 Å². The highest BCUT2D eigenvalue weighted by Crippen LogP contribution is 2.15. The first kappa shape index (κ1) is 57.6. The zero-order chi connectivity index (χ0) is 44.4. The Morgan fingerprint density at radius 1 is 0.344 bits per heavy atom. The molecule has 1 unspecified atom stereocenters. The van der Waals surface area contributed by atoms with Crippen LogP contribution in [0, 0.1) is 0 Å².